The summed E-state index contributed by atoms with van der Waals surface area (Å²) < 4.78 is 32.0. The summed E-state index contributed by atoms with van der Waals surface area (Å²) in [7, 11) is 0. The molecule has 9 N–H and O–H groups in total. The molecule has 376 valence electrons. The second-order valence-electron chi connectivity index (χ2n) is 18.9. The van der Waals surface area contributed by atoms with E-state index in [1.807, 2.05) is 6.92 Å². The zero-order valence-electron chi connectivity index (χ0n) is 38.8. The van der Waals surface area contributed by atoms with E-state index in [9.17, 15) is 49.5 Å². The van der Waals surface area contributed by atoms with Gasteiger partial charge in [0, 0.05) is 45.4 Å². The van der Waals surface area contributed by atoms with Gasteiger partial charge in [-0.3, -0.25) is 24.0 Å². The third-order valence-corrected chi connectivity index (χ3v) is 14.0. The number of rotatable bonds is 20. The van der Waals surface area contributed by atoms with Crippen molar-refractivity contribution >= 4 is 29.6 Å². The zero-order chi connectivity index (χ0) is 48.4. The van der Waals surface area contributed by atoms with E-state index in [4.69, 9.17) is 28.8 Å². The fraction of sp³-hybridized carbons (Fsp3) is 0.766. The van der Waals surface area contributed by atoms with Crippen LogP contribution in [0, 0.1) is 17.8 Å². The Labute approximate surface area is 391 Å². The Morgan fingerprint density at radius 3 is 2.07 bits per heavy atom. The summed E-state index contributed by atoms with van der Waals surface area (Å²) in [6.07, 6.45) is -8.68. The van der Waals surface area contributed by atoms with Crippen molar-refractivity contribution in [3.63, 3.8) is 0 Å². The van der Waals surface area contributed by atoms with Crippen LogP contribution in [0.1, 0.15) is 109 Å². The van der Waals surface area contributed by atoms with Crippen LogP contribution in [0.5, 0.6) is 0 Å². The molecular weight excluding hydrogens is 877 g/mol. The van der Waals surface area contributed by atoms with Gasteiger partial charge in [-0.15, -0.1) is 0 Å². The van der Waals surface area contributed by atoms with Crippen molar-refractivity contribution in [2.45, 2.75) is 191 Å². The highest BCUT2D eigenvalue weighted by Gasteiger charge is 2.53. The van der Waals surface area contributed by atoms with E-state index < -0.39 is 110 Å². The fourth-order valence-electron chi connectivity index (χ4n) is 9.93. The molecule has 5 fully saturated rings. The summed E-state index contributed by atoms with van der Waals surface area (Å²) >= 11 is 0. The maximum absolute atomic E-state index is 14.1. The Hall–Kier alpha value is -3.83. The van der Waals surface area contributed by atoms with Gasteiger partial charge in [-0.1, -0.05) is 69.7 Å². The van der Waals surface area contributed by atoms with Crippen molar-refractivity contribution in [3.05, 3.63) is 35.4 Å². The minimum Gasteiger partial charge on any atom is -0.481 e. The second-order valence-corrected chi connectivity index (χ2v) is 18.9. The van der Waals surface area contributed by atoms with Crippen molar-refractivity contribution < 1.29 is 78.3 Å². The van der Waals surface area contributed by atoms with Gasteiger partial charge < -0.3 is 75.2 Å². The van der Waals surface area contributed by atoms with E-state index in [0.29, 0.717) is 32.4 Å². The van der Waals surface area contributed by atoms with Gasteiger partial charge in [0.05, 0.1) is 31.3 Å². The average molecular weight is 949 g/mol. The smallest absolute Gasteiger partial charge is 0.303 e. The number of hydrogen-bond acceptors (Lipinski definition) is 15. The molecule has 6 rings (SSSR count). The molecule has 67 heavy (non-hydrogen) atoms. The first kappa shape index (κ1) is 52.5. The molecule has 20 nitrogen and oxygen atoms in total. The van der Waals surface area contributed by atoms with E-state index in [0.717, 1.165) is 49.7 Å². The minimum absolute atomic E-state index is 0.0271. The second kappa shape index (κ2) is 24.6. The highest BCUT2D eigenvalue weighted by atomic mass is 16.7. The zero-order valence-corrected chi connectivity index (χ0v) is 38.8. The van der Waals surface area contributed by atoms with Crippen molar-refractivity contribution in [3.8, 4) is 0 Å². The van der Waals surface area contributed by atoms with Crippen LogP contribution in [0.2, 0.25) is 0 Å². The molecule has 0 radical (unpaired) electrons. The van der Waals surface area contributed by atoms with Crippen LogP contribution in [0.15, 0.2) is 24.3 Å². The summed E-state index contributed by atoms with van der Waals surface area (Å²) in [6, 6.07) is 5.96. The van der Waals surface area contributed by atoms with Crippen molar-refractivity contribution in [2.24, 2.45) is 17.8 Å². The van der Waals surface area contributed by atoms with Crippen LogP contribution in [0.3, 0.4) is 0 Å². The molecule has 5 aliphatic rings. The lowest BCUT2D eigenvalue weighted by molar-refractivity contribution is -0.338. The largest absolute Gasteiger partial charge is 0.481 e. The van der Waals surface area contributed by atoms with Crippen LogP contribution in [-0.4, -0.2) is 164 Å². The van der Waals surface area contributed by atoms with E-state index in [1.54, 1.807) is 29.2 Å². The third kappa shape index (κ3) is 13.9. The molecule has 0 bridgehead atoms. The number of carboxylic acid groups (broad SMARTS) is 1. The number of hydrogen-bond donors (Lipinski definition) is 9. The van der Waals surface area contributed by atoms with Crippen molar-refractivity contribution in [1.82, 2.24) is 20.9 Å². The quantitative estimate of drug-likeness (QED) is 0.0853. The van der Waals surface area contributed by atoms with Crippen LogP contribution in [0.25, 0.3) is 0 Å². The van der Waals surface area contributed by atoms with Crippen LogP contribution in [0.4, 0.5) is 0 Å². The van der Waals surface area contributed by atoms with Gasteiger partial charge in [-0.05, 0) is 55.6 Å². The maximum atomic E-state index is 14.1. The van der Waals surface area contributed by atoms with Gasteiger partial charge in [-0.2, -0.15) is 0 Å². The molecule has 15 atom stereocenters. The molecule has 1 aromatic carbocycles. The number of carbonyl (C=O) groups excluding carboxylic acids is 4. The first-order valence-electron chi connectivity index (χ1n) is 24.1. The number of aliphatic hydroxyl groups excluding tert-OH is 5. The van der Waals surface area contributed by atoms with Crippen LogP contribution in [-0.2, 0) is 60.7 Å². The van der Waals surface area contributed by atoms with Gasteiger partial charge in [0.25, 0.3) is 5.91 Å². The molecule has 8 unspecified atom stereocenters. The number of likely N-dealkylation sites (tertiary alicyclic amines) is 1. The van der Waals surface area contributed by atoms with Gasteiger partial charge in [-0.25, -0.2) is 0 Å². The average Bonchev–Trinajstić information content (AvgIpc) is 3.29. The fourth-order valence-corrected chi connectivity index (χ4v) is 9.93. The van der Waals surface area contributed by atoms with Crippen LogP contribution >= 0.6 is 0 Å². The number of amides is 4. The number of nitrogens with one attached hydrogen (secondary N) is 3. The Balaban J connectivity index is 1.23. The number of aliphatic carboxylic acids is 1. The Morgan fingerprint density at radius 1 is 0.806 bits per heavy atom. The van der Waals surface area contributed by atoms with E-state index in [2.05, 4.69) is 16.0 Å². The number of nitrogens with zero attached hydrogens (tertiary/aromatic N) is 1. The molecule has 1 aromatic rings. The van der Waals surface area contributed by atoms with Gasteiger partial charge in [0.15, 0.2) is 12.6 Å². The van der Waals surface area contributed by atoms with Crippen LogP contribution < -0.4 is 16.0 Å². The SMILES string of the molecule is CCC1C[C@H](C(=O)NCc2ccc(CNC(=O)CCC(=O)O)cc2)C[C@@H](O[C@@H]2OC(CO)[C@H](O)C(O[C@@H](CC3CCCCC3)C(=O)N3CCC3)C2NC(C)=O)C1O[C@@H]1OC(C)[C@@H](O)C(O)C1O. The highest BCUT2D eigenvalue weighted by molar-refractivity contribution is 5.82. The molecule has 4 amide bonds. The third-order valence-electron chi connectivity index (χ3n) is 14.0. The predicted molar refractivity (Wildman–Crippen MR) is 236 cm³/mol. The van der Waals surface area contributed by atoms with E-state index >= 15 is 0 Å². The topological polar surface area (TPSA) is 292 Å². The first-order valence-corrected chi connectivity index (χ1v) is 24.1. The normalized spacial score (nSPS) is 34.1. The molecule has 0 spiro atoms. The molecule has 2 aliphatic carbocycles. The monoisotopic (exact) mass is 948 g/mol. The van der Waals surface area contributed by atoms with Gasteiger partial charge >= 0.3 is 5.97 Å². The van der Waals surface area contributed by atoms with Crippen molar-refractivity contribution in [2.75, 3.05) is 19.7 Å². The molecule has 0 aromatic heterocycles. The lowest BCUT2D eigenvalue weighted by Gasteiger charge is -2.49. The Bertz CT molecular complexity index is 1800. The molecule has 20 heteroatoms. The van der Waals surface area contributed by atoms with Gasteiger partial charge in [0.2, 0.25) is 17.7 Å². The summed E-state index contributed by atoms with van der Waals surface area (Å²) in [5.74, 6) is -3.34. The molecule has 3 heterocycles. The lowest BCUT2D eigenvalue weighted by atomic mass is 9.75. The standard InChI is InChI=1S/C47H72N4O16/c1-4-30-20-31(44(61)49-23-29-13-11-28(12-14-29)22-48-35(54)15-16-36(55)56)21-32(42(30)67-47-41(60)40(59)38(57)25(2)63-47)65-46-37(50-26(3)53)43(39(58)34(24-52)66-46)64-33(45(62)51-17-8-18-51)19-27-9-6-5-7-10-27/h11-14,25,27,30-34,37-43,46-47,52,57-60H,4-10,15-24H2,1-3H3,(H,48,54)(H,49,61)(H,50,53)(H,55,56)/t25?,30?,31-,32+,33-,34?,37?,38+,39-,40?,41?,42?,43?,46+,47-/m0/s1. The maximum Gasteiger partial charge on any atom is 0.303 e. The Kier molecular flexibility index (Phi) is 19.3. The molecule has 3 aliphatic heterocycles. The molecule has 3 saturated heterocycles. The number of aliphatic hydroxyl groups is 5. The Morgan fingerprint density at radius 2 is 1.48 bits per heavy atom. The number of benzene rings is 1. The molecule has 2 saturated carbocycles. The predicted octanol–water partition coefficient (Wildman–Crippen LogP) is 0.357. The first-order chi connectivity index (χ1) is 32.1. The van der Waals surface area contributed by atoms with E-state index in [1.165, 1.54) is 13.8 Å². The number of carboxylic acids is 1. The van der Waals surface area contributed by atoms with Crippen molar-refractivity contribution in [1.29, 1.82) is 0 Å². The lowest BCUT2D eigenvalue weighted by Crippen LogP contribution is -2.67. The molecular formula is C47H72N4O16. The number of ether oxygens (including phenoxy) is 5. The minimum atomic E-state index is -1.65. The summed E-state index contributed by atoms with van der Waals surface area (Å²) in [5.41, 5.74) is 1.55. The van der Waals surface area contributed by atoms with Gasteiger partial charge in [0.1, 0.15) is 48.8 Å². The highest BCUT2D eigenvalue weighted by Crippen LogP contribution is 2.40. The number of carbonyl (C=O) groups is 5. The summed E-state index contributed by atoms with van der Waals surface area (Å²) in [4.78, 5) is 65.5. The summed E-state index contributed by atoms with van der Waals surface area (Å²) in [5, 5.41) is 71.9. The van der Waals surface area contributed by atoms with E-state index in [-0.39, 0.29) is 56.0 Å². The summed E-state index contributed by atoms with van der Waals surface area (Å²) in [6.45, 7) is 5.56.